The van der Waals surface area contributed by atoms with Crippen LogP contribution in [0, 0.1) is 0 Å². The Morgan fingerprint density at radius 2 is 1.75 bits per heavy atom. The van der Waals surface area contributed by atoms with E-state index in [2.05, 4.69) is 21.6 Å². The summed E-state index contributed by atoms with van der Waals surface area (Å²) in [6.07, 6.45) is 2.13. The summed E-state index contributed by atoms with van der Waals surface area (Å²) < 4.78 is 5.44. The monoisotopic (exact) mass is 438 g/mol. The molecular formula is C25H34N4O3. The minimum absolute atomic E-state index is 0.0146. The van der Waals surface area contributed by atoms with Gasteiger partial charge in [-0.25, -0.2) is 4.79 Å². The zero-order valence-corrected chi connectivity index (χ0v) is 19.0. The van der Waals surface area contributed by atoms with Crippen molar-refractivity contribution in [3.8, 4) is 5.75 Å². The van der Waals surface area contributed by atoms with Gasteiger partial charge in [-0.1, -0.05) is 48.5 Å². The second kappa shape index (κ2) is 12.1. The molecule has 0 aromatic heterocycles. The molecule has 1 aliphatic heterocycles. The van der Waals surface area contributed by atoms with Gasteiger partial charge in [0.1, 0.15) is 5.75 Å². The fourth-order valence-electron chi connectivity index (χ4n) is 3.96. The topological polar surface area (TPSA) is 73.9 Å². The summed E-state index contributed by atoms with van der Waals surface area (Å²) in [6, 6.07) is 17.9. The average molecular weight is 439 g/mol. The van der Waals surface area contributed by atoms with Crippen LogP contribution >= 0.6 is 0 Å². The van der Waals surface area contributed by atoms with Crippen LogP contribution in [0.2, 0.25) is 0 Å². The highest BCUT2D eigenvalue weighted by Crippen LogP contribution is 2.21. The van der Waals surface area contributed by atoms with Gasteiger partial charge in [-0.15, -0.1) is 0 Å². The zero-order chi connectivity index (χ0) is 22.8. The number of hydrogen-bond acceptors (Lipinski definition) is 4. The van der Waals surface area contributed by atoms with Crippen LogP contribution in [0.15, 0.2) is 54.6 Å². The van der Waals surface area contributed by atoms with E-state index >= 15 is 0 Å². The Morgan fingerprint density at radius 1 is 1.06 bits per heavy atom. The standard InChI is InChI=1S/C25H34N4O3/c1-28(18-20-8-4-3-5-9-20)25(31)26-15-12-24(30)27-22-13-16-29(17-14-22)19-21-10-6-7-11-23(21)32-2/h3-11,22H,12-19H2,1-2H3,(H,26,31)(H,27,30). The van der Waals surface area contributed by atoms with Crippen LogP contribution in [0.3, 0.4) is 0 Å². The number of methoxy groups -OCH3 is 1. The number of carbonyl (C=O) groups is 2. The van der Waals surface area contributed by atoms with E-state index in [0.29, 0.717) is 13.1 Å². The first-order chi connectivity index (χ1) is 15.5. The molecule has 1 aliphatic rings. The number of carbonyl (C=O) groups excluding carboxylic acids is 2. The van der Waals surface area contributed by atoms with E-state index in [1.807, 2.05) is 48.5 Å². The van der Waals surface area contributed by atoms with Crippen molar-refractivity contribution in [2.24, 2.45) is 0 Å². The van der Waals surface area contributed by atoms with Gasteiger partial charge in [0.15, 0.2) is 0 Å². The van der Waals surface area contributed by atoms with Gasteiger partial charge in [-0.2, -0.15) is 0 Å². The van der Waals surface area contributed by atoms with Crippen molar-refractivity contribution in [3.63, 3.8) is 0 Å². The minimum Gasteiger partial charge on any atom is -0.496 e. The summed E-state index contributed by atoms with van der Waals surface area (Å²) in [5.74, 6) is 0.901. The lowest BCUT2D eigenvalue weighted by Crippen LogP contribution is -2.45. The maximum atomic E-state index is 12.3. The fraction of sp³-hybridized carbons (Fsp3) is 0.440. The quantitative estimate of drug-likeness (QED) is 0.631. The van der Waals surface area contributed by atoms with E-state index in [9.17, 15) is 9.59 Å². The summed E-state index contributed by atoms with van der Waals surface area (Å²) in [7, 11) is 3.45. The van der Waals surface area contributed by atoms with Gasteiger partial charge in [0.25, 0.3) is 0 Å². The number of rotatable bonds is 9. The van der Waals surface area contributed by atoms with Crippen molar-refractivity contribution in [1.29, 1.82) is 0 Å². The number of amides is 3. The van der Waals surface area contributed by atoms with Crippen LogP contribution in [-0.4, -0.2) is 61.6 Å². The molecule has 0 radical (unpaired) electrons. The lowest BCUT2D eigenvalue weighted by atomic mass is 10.0. The Bertz CT molecular complexity index is 867. The highest BCUT2D eigenvalue weighted by molar-refractivity contribution is 5.78. The van der Waals surface area contributed by atoms with Crippen LogP contribution in [0.4, 0.5) is 4.79 Å². The molecule has 0 atom stereocenters. The van der Waals surface area contributed by atoms with Gasteiger partial charge in [0.2, 0.25) is 5.91 Å². The van der Waals surface area contributed by atoms with Gasteiger partial charge in [-0.05, 0) is 24.5 Å². The van der Waals surface area contributed by atoms with E-state index in [0.717, 1.165) is 43.8 Å². The van der Waals surface area contributed by atoms with Crippen molar-refractivity contribution in [2.45, 2.75) is 38.4 Å². The molecule has 1 fully saturated rings. The third kappa shape index (κ3) is 7.27. The largest absolute Gasteiger partial charge is 0.496 e. The second-order valence-corrected chi connectivity index (χ2v) is 8.25. The zero-order valence-electron chi connectivity index (χ0n) is 19.0. The maximum Gasteiger partial charge on any atom is 0.317 e. The van der Waals surface area contributed by atoms with E-state index in [-0.39, 0.29) is 24.4 Å². The Hall–Kier alpha value is -3.06. The molecule has 0 unspecified atom stereocenters. The molecule has 0 saturated carbocycles. The molecule has 7 heteroatoms. The molecular weight excluding hydrogens is 404 g/mol. The highest BCUT2D eigenvalue weighted by atomic mass is 16.5. The molecule has 0 spiro atoms. The summed E-state index contributed by atoms with van der Waals surface area (Å²) in [4.78, 5) is 28.5. The number of benzene rings is 2. The van der Waals surface area contributed by atoms with E-state index in [1.54, 1.807) is 19.1 Å². The van der Waals surface area contributed by atoms with Crippen LogP contribution in [0.5, 0.6) is 5.75 Å². The minimum atomic E-state index is -0.175. The lowest BCUT2D eigenvalue weighted by Gasteiger charge is -2.32. The first kappa shape index (κ1) is 23.6. The van der Waals surface area contributed by atoms with E-state index in [1.165, 1.54) is 5.56 Å². The molecule has 172 valence electrons. The fourth-order valence-corrected chi connectivity index (χ4v) is 3.96. The van der Waals surface area contributed by atoms with Crippen molar-refractivity contribution < 1.29 is 14.3 Å². The predicted octanol–water partition coefficient (Wildman–Crippen LogP) is 3.01. The molecule has 0 bridgehead atoms. The maximum absolute atomic E-state index is 12.3. The van der Waals surface area contributed by atoms with Gasteiger partial charge in [0.05, 0.1) is 7.11 Å². The molecule has 1 heterocycles. The van der Waals surface area contributed by atoms with Crippen molar-refractivity contribution in [3.05, 3.63) is 65.7 Å². The van der Waals surface area contributed by atoms with Gasteiger partial charge in [0, 0.05) is 57.8 Å². The number of nitrogens with zero attached hydrogens (tertiary/aromatic N) is 2. The first-order valence-corrected chi connectivity index (χ1v) is 11.2. The third-order valence-electron chi connectivity index (χ3n) is 5.78. The van der Waals surface area contributed by atoms with Crippen LogP contribution in [-0.2, 0) is 17.9 Å². The summed E-state index contributed by atoms with van der Waals surface area (Å²) >= 11 is 0. The molecule has 2 N–H and O–H groups in total. The first-order valence-electron chi connectivity index (χ1n) is 11.2. The molecule has 1 saturated heterocycles. The smallest absolute Gasteiger partial charge is 0.317 e. The Morgan fingerprint density at radius 3 is 2.47 bits per heavy atom. The van der Waals surface area contributed by atoms with Crippen molar-refractivity contribution in [1.82, 2.24) is 20.4 Å². The van der Waals surface area contributed by atoms with Crippen LogP contribution < -0.4 is 15.4 Å². The van der Waals surface area contributed by atoms with Gasteiger partial charge < -0.3 is 20.3 Å². The summed E-state index contributed by atoms with van der Waals surface area (Å²) in [6.45, 7) is 3.59. The molecule has 3 amide bonds. The van der Waals surface area contributed by atoms with Crippen LogP contribution in [0.25, 0.3) is 0 Å². The molecule has 7 nitrogen and oxygen atoms in total. The predicted molar refractivity (Wildman–Crippen MR) is 125 cm³/mol. The Kier molecular flexibility index (Phi) is 8.92. The van der Waals surface area contributed by atoms with Gasteiger partial charge >= 0.3 is 6.03 Å². The summed E-state index contributed by atoms with van der Waals surface area (Å²) in [5.41, 5.74) is 2.26. The van der Waals surface area contributed by atoms with Crippen molar-refractivity contribution >= 4 is 11.9 Å². The van der Waals surface area contributed by atoms with E-state index < -0.39 is 0 Å². The molecule has 2 aromatic rings. The second-order valence-electron chi connectivity index (χ2n) is 8.25. The van der Waals surface area contributed by atoms with E-state index in [4.69, 9.17) is 4.74 Å². The molecule has 3 rings (SSSR count). The molecule has 2 aromatic carbocycles. The van der Waals surface area contributed by atoms with Gasteiger partial charge in [-0.3, -0.25) is 9.69 Å². The normalized spacial score (nSPS) is 14.6. The molecule has 32 heavy (non-hydrogen) atoms. The molecule has 0 aliphatic carbocycles. The van der Waals surface area contributed by atoms with Crippen molar-refractivity contribution in [2.75, 3.05) is 33.8 Å². The highest BCUT2D eigenvalue weighted by Gasteiger charge is 2.21. The number of urea groups is 1. The lowest BCUT2D eigenvalue weighted by molar-refractivity contribution is -0.122. The Balaban J connectivity index is 1.31. The number of likely N-dealkylation sites (tertiary alicyclic amines) is 1. The third-order valence-corrected chi connectivity index (χ3v) is 5.78. The number of piperidine rings is 1. The number of para-hydroxylation sites is 1. The number of nitrogens with one attached hydrogen (secondary N) is 2. The average Bonchev–Trinajstić information content (AvgIpc) is 2.81. The van der Waals surface area contributed by atoms with Crippen LogP contribution in [0.1, 0.15) is 30.4 Å². The summed E-state index contributed by atoms with van der Waals surface area (Å²) in [5, 5.41) is 5.94. The Labute approximate surface area is 190 Å². The number of hydrogen-bond donors (Lipinski definition) is 2. The SMILES string of the molecule is COc1ccccc1CN1CCC(NC(=O)CCNC(=O)N(C)Cc2ccccc2)CC1. The number of ether oxygens (including phenoxy) is 1.